The van der Waals surface area contributed by atoms with Crippen LogP contribution in [-0.2, 0) is 14.8 Å². The second kappa shape index (κ2) is 11.0. The van der Waals surface area contributed by atoms with Gasteiger partial charge in [0, 0.05) is 0 Å². The molecule has 0 radical (unpaired) electrons. The lowest BCUT2D eigenvalue weighted by Crippen LogP contribution is -2.48. The lowest BCUT2D eigenvalue weighted by Gasteiger charge is -2.28. The van der Waals surface area contributed by atoms with E-state index in [2.05, 4.69) is 19.2 Å². The molecule has 0 spiro atoms. The Morgan fingerprint density at radius 1 is 1.03 bits per heavy atom. The zero-order chi connectivity index (χ0) is 23.0. The fourth-order valence-corrected chi connectivity index (χ4v) is 4.41. The highest BCUT2D eigenvalue weighted by Crippen LogP contribution is 2.26. The van der Waals surface area contributed by atoms with Crippen LogP contribution in [-0.4, -0.2) is 46.4 Å². The molecule has 0 aliphatic heterocycles. The van der Waals surface area contributed by atoms with E-state index < -0.39 is 22.0 Å². The first-order chi connectivity index (χ1) is 14.6. The number of benzene rings is 2. The highest BCUT2D eigenvalue weighted by molar-refractivity contribution is 7.92. The van der Waals surface area contributed by atoms with Crippen molar-refractivity contribution >= 4 is 21.6 Å². The molecular weight excluding hydrogens is 416 g/mol. The Balaban J connectivity index is 2.00. The largest absolute Gasteiger partial charge is 0.494 e. The molecule has 31 heavy (non-hydrogen) atoms. The van der Waals surface area contributed by atoms with Crippen LogP contribution < -0.4 is 19.1 Å². The van der Waals surface area contributed by atoms with Gasteiger partial charge in [-0.2, -0.15) is 0 Å². The molecule has 0 unspecified atom stereocenters. The van der Waals surface area contributed by atoms with Gasteiger partial charge in [0.25, 0.3) is 0 Å². The summed E-state index contributed by atoms with van der Waals surface area (Å²) < 4.78 is 37.1. The first-order valence-electron chi connectivity index (χ1n) is 10.4. The summed E-state index contributed by atoms with van der Waals surface area (Å²) in [6.45, 7) is 8.66. The second-order valence-electron chi connectivity index (χ2n) is 7.49. The standard InChI is InChI=1S/C23H32N2O5S/c1-6-29-20-13-11-19(12-14-20)25(31(5,27)28)18(4)23(26)24-15-16-30-22-10-8-7-9-21(22)17(2)3/h7-14,17-18H,6,15-16H2,1-5H3,(H,24,26)/t18-/m1/s1. The van der Waals surface area contributed by atoms with E-state index >= 15 is 0 Å². The van der Waals surface area contributed by atoms with Gasteiger partial charge in [0.15, 0.2) is 0 Å². The monoisotopic (exact) mass is 448 g/mol. The lowest BCUT2D eigenvalue weighted by atomic mass is 10.0. The van der Waals surface area contributed by atoms with Crippen LogP contribution in [0.1, 0.15) is 39.2 Å². The molecule has 170 valence electrons. The average Bonchev–Trinajstić information content (AvgIpc) is 2.71. The molecule has 0 saturated carbocycles. The number of carbonyl (C=O) groups is 1. The van der Waals surface area contributed by atoms with Crippen LogP contribution in [0.25, 0.3) is 0 Å². The van der Waals surface area contributed by atoms with E-state index in [-0.39, 0.29) is 13.2 Å². The molecule has 1 N–H and O–H groups in total. The van der Waals surface area contributed by atoms with E-state index in [0.717, 1.165) is 21.9 Å². The number of nitrogens with zero attached hydrogens (tertiary/aromatic N) is 1. The number of carbonyl (C=O) groups excluding carboxylic acids is 1. The summed E-state index contributed by atoms with van der Waals surface area (Å²) >= 11 is 0. The predicted molar refractivity (Wildman–Crippen MR) is 123 cm³/mol. The number of sulfonamides is 1. The maximum atomic E-state index is 12.7. The molecule has 0 bridgehead atoms. The molecule has 7 nitrogen and oxygen atoms in total. The number of hydrogen-bond donors (Lipinski definition) is 1. The third-order valence-corrected chi connectivity index (χ3v) is 5.93. The number of nitrogens with one attached hydrogen (secondary N) is 1. The Labute approximate surface area is 185 Å². The van der Waals surface area contributed by atoms with E-state index in [1.54, 1.807) is 31.2 Å². The minimum absolute atomic E-state index is 0.260. The van der Waals surface area contributed by atoms with Crippen molar-refractivity contribution in [3.8, 4) is 11.5 Å². The predicted octanol–water partition coefficient (Wildman–Crippen LogP) is 3.56. The van der Waals surface area contributed by atoms with Crippen molar-refractivity contribution in [1.82, 2.24) is 5.32 Å². The smallest absolute Gasteiger partial charge is 0.243 e. The minimum atomic E-state index is -3.68. The lowest BCUT2D eigenvalue weighted by molar-refractivity contribution is -0.121. The summed E-state index contributed by atoms with van der Waals surface area (Å²) in [6.07, 6.45) is 1.08. The number of hydrogen-bond acceptors (Lipinski definition) is 5. The van der Waals surface area contributed by atoms with E-state index in [9.17, 15) is 13.2 Å². The summed E-state index contributed by atoms with van der Waals surface area (Å²) in [5, 5.41) is 2.76. The van der Waals surface area contributed by atoms with Crippen molar-refractivity contribution in [1.29, 1.82) is 0 Å². The Morgan fingerprint density at radius 2 is 1.68 bits per heavy atom. The van der Waals surface area contributed by atoms with Crippen LogP contribution in [0.15, 0.2) is 48.5 Å². The van der Waals surface area contributed by atoms with Crippen LogP contribution in [0.3, 0.4) is 0 Å². The Kier molecular flexibility index (Phi) is 8.74. The molecule has 2 aromatic carbocycles. The van der Waals surface area contributed by atoms with Crippen LogP contribution in [0.4, 0.5) is 5.69 Å². The molecular formula is C23H32N2O5S. The third-order valence-electron chi connectivity index (χ3n) is 4.69. The fraction of sp³-hybridized carbons (Fsp3) is 0.435. The van der Waals surface area contributed by atoms with Gasteiger partial charge in [0.1, 0.15) is 24.1 Å². The number of amides is 1. The van der Waals surface area contributed by atoms with Crippen molar-refractivity contribution in [3.05, 3.63) is 54.1 Å². The van der Waals surface area contributed by atoms with Crippen LogP contribution >= 0.6 is 0 Å². The highest BCUT2D eigenvalue weighted by Gasteiger charge is 2.29. The van der Waals surface area contributed by atoms with Crippen LogP contribution in [0, 0.1) is 0 Å². The molecule has 0 heterocycles. The zero-order valence-corrected chi connectivity index (χ0v) is 19.6. The molecule has 1 atom stereocenters. The normalized spacial score (nSPS) is 12.3. The summed E-state index contributed by atoms with van der Waals surface area (Å²) in [6, 6.07) is 13.5. The summed E-state index contributed by atoms with van der Waals surface area (Å²) in [5.41, 5.74) is 1.50. The van der Waals surface area contributed by atoms with Crippen LogP contribution in [0.2, 0.25) is 0 Å². The Morgan fingerprint density at radius 3 is 2.26 bits per heavy atom. The fourth-order valence-electron chi connectivity index (χ4n) is 3.24. The Hall–Kier alpha value is -2.74. The zero-order valence-electron chi connectivity index (χ0n) is 18.8. The molecule has 0 saturated heterocycles. The van der Waals surface area contributed by atoms with Gasteiger partial charge in [-0.05, 0) is 55.7 Å². The topological polar surface area (TPSA) is 84.9 Å². The van der Waals surface area contributed by atoms with E-state index in [1.807, 2.05) is 31.2 Å². The summed E-state index contributed by atoms with van der Waals surface area (Å²) in [7, 11) is -3.68. The Bertz CT molecular complexity index is 958. The molecule has 0 aliphatic carbocycles. The quantitative estimate of drug-likeness (QED) is 0.532. The maximum Gasteiger partial charge on any atom is 0.243 e. The number of ether oxygens (including phenoxy) is 2. The van der Waals surface area contributed by atoms with Crippen molar-refractivity contribution < 1.29 is 22.7 Å². The highest BCUT2D eigenvalue weighted by atomic mass is 32.2. The van der Waals surface area contributed by atoms with Gasteiger partial charge < -0.3 is 14.8 Å². The van der Waals surface area contributed by atoms with Gasteiger partial charge in [-0.3, -0.25) is 9.10 Å². The molecule has 0 fully saturated rings. The summed E-state index contributed by atoms with van der Waals surface area (Å²) in [4.78, 5) is 12.7. The van der Waals surface area contributed by atoms with E-state index in [0.29, 0.717) is 24.0 Å². The second-order valence-corrected chi connectivity index (χ2v) is 9.35. The van der Waals surface area contributed by atoms with Crippen molar-refractivity contribution in [2.45, 2.75) is 39.7 Å². The van der Waals surface area contributed by atoms with Gasteiger partial charge in [0.05, 0.1) is 25.1 Å². The molecule has 8 heteroatoms. The van der Waals surface area contributed by atoms with Gasteiger partial charge in [0.2, 0.25) is 15.9 Å². The van der Waals surface area contributed by atoms with E-state index in [1.165, 1.54) is 0 Å². The van der Waals surface area contributed by atoms with Gasteiger partial charge in [-0.25, -0.2) is 8.42 Å². The molecule has 0 aromatic heterocycles. The average molecular weight is 449 g/mol. The van der Waals surface area contributed by atoms with Gasteiger partial charge >= 0.3 is 0 Å². The maximum absolute atomic E-state index is 12.7. The number of para-hydroxylation sites is 1. The first kappa shape index (κ1) is 24.5. The van der Waals surface area contributed by atoms with Crippen molar-refractivity contribution in [3.63, 3.8) is 0 Å². The minimum Gasteiger partial charge on any atom is -0.494 e. The van der Waals surface area contributed by atoms with E-state index in [4.69, 9.17) is 9.47 Å². The first-order valence-corrected chi connectivity index (χ1v) is 12.2. The molecule has 0 aliphatic rings. The van der Waals surface area contributed by atoms with Crippen LogP contribution in [0.5, 0.6) is 11.5 Å². The SMILES string of the molecule is CCOc1ccc(N([C@H](C)C(=O)NCCOc2ccccc2C(C)C)S(C)(=O)=O)cc1. The summed E-state index contributed by atoms with van der Waals surface area (Å²) in [5.74, 6) is 1.34. The number of rotatable bonds is 11. The molecule has 2 rings (SSSR count). The van der Waals surface area contributed by atoms with Crippen molar-refractivity contribution in [2.24, 2.45) is 0 Å². The van der Waals surface area contributed by atoms with Crippen molar-refractivity contribution in [2.75, 3.05) is 30.3 Å². The third kappa shape index (κ3) is 6.89. The van der Waals surface area contributed by atoms with Gasteiger partial charge in [-0.1, -0.05) is 32.0 Å². The molecule has 2 aromatic rings. The molecule has 1 amide bonds. The van der Waals surface area contributed by atoms with Gasteiger partial charge in [-0.15, -0.1) is 0 Å². The number of anilines is 1.